The third-order valence-electron chi connectivity index (χ3n) is 4.61. The van der Waals surface area contributed by atoms with Gasteiger partial charge in [0.25, 0.3) is 0 Å². The molecule has 106 valence electrons. The van der Waals surface area contributed by atoms with Gasteiger partial charge in [0.2, 0.25) is 0 Å². The molecule has 1 aromatic rings. The van der Waals surface area contributed by atoms with E-state index in [2.05, 4.69) is 16.6 Å². The van der Waals surface area contributed by atoms with Gasteiger partial charge in [-0.25, -0.2) is 0 Å². The molecule has 0 aromatic carbocycles. The molecule has 1 saturated carbocycles. The molecule has 4 nitrogen and oxygen atoms in total. The SMILES string of the molecule is Cn1cc(CNC2CCOC3(CCCCC3)C2)cn1. The quantitative estimate of drug-likeness (QED) is 0.910. The van der Waals surface area contributed by atoms with Crippen molar-refractivity contribution in [2.45, 2.75) is 63.1 Å². The van der Waals surface area contributed by atoms with Gasteiger partial charge in [0.1, 0.15) is 0 Å². The molecule has 1 aliphatic carbocycles. The fourth-order valence-corrected chi connectivity index (χ4v) is 3.57. The molecular formula is C15H25N3O. The number of aryl methyl sites for hydroxylation is 1. The second-order valence-electron chi connectivity index (χ2n) is 6.19. The van der Waals surface area contributed by atoms with Crippen molar-refractivity contribution in [1.29, 1.82) is 0 Å². The highest BCUT2D eigenvalue weighted by molar-refractivity contribution is 5.03. The van der Waals surface area contributed by atoms with Crippen molar-refractivity contribution >= 4 is 0 Å². The second-order valence-corrected chi connectivity index (χ2v) is 6.19. The van der Waals surface area contributed by atoms with Crippen LogP contribution in [0.25, 0.3) is 0 Å². The Bertz CT molecular complexity index is 404. The predicted molar refractivity (Wildman–Crippen MR) is 74.8 cm³/mol. The van der Waals surface area contributed by atoms with E-state index in [0.717, 1.165) is 19.6 Å². The Labute approximate surface area is 115 Å². The first-order valence-corrected chi connectivity index (χ1v) is 7.61. The van der Waals surface area contributed by atoms with Crippen LogP contribution in [0.15, 0.2) is 12.4 Å². The van der Waals surface area contributed by atoms with Crippen LogP contribution in [0.3, 0.4) is 0 Å². The van der Waals surface area contributed by atoms with Gasteiger partial charge in [-0.15, -0.1) is 0 Å². The van der Waals surface area contributed by atoms with Gasteiger partial charge in [-0.05, 0) is 25.7 Å². The normalized spacial score (nSPS) is 26.7. The summed E-state index contributed by atoms with van der Waals surface area (Å²) < 4.78 is 8.00. The van der Waals surface area contributed by atoms with E-state index in [1.165, 1.54) is 44.1 Å². The molecule has 1 aromatic heterocycles. The fraction of sp³-hybridized carbons (Fsp3) is 0.800. The molecule has 1 atom stereocenters. The molecular weight excluding hydrogens is 238 g/mol. The van der Waals surface area contributed by atoms with E-state index >= 15 is 0 Å². The Morgan fingerprint density at radius 3 is 3.00 bits per heavy atom. The molecule has 1 N–H and O–H groups in total. The van der Waals surface area contributed by atoms with Gasteiger partial charge >= 0.3 is 0 Å². The summed E-state index contributed by atoms with van der Waals surface area (Å²) in [7, 11) is 1.97. The van der Waals surface area contributed by atoms with E-state index in [0.29, 0.717) is 6.04 Å². The summed E-state index contributed by atoms with van der Waals surface area (Å²) in [5, 5.41) is 7.91. The average molecular weight is 263 g/mol. The van der Waals surface area contributed by atoms with Crippen LogP contribution in [0.4, 0.5) is 0 Å². The lowest BCUT2D eigenvalue weighted by Gasteiger charge is -2.43. The van der Waals surface area contributed by atoms with Crippen molar-refractivity contribution in [3.05, 3.63) is 18.0 Å². The Morgan fingerprint density at radius 2 is 2.26 bits per heavy atom. The Balaban J connectivity index is 1.53. The summed E-state index contributed by atoms with van der Waals surface area (Å²) in [6, 6.07) is 0.604. The molecule has 4 heteroatoms. The zero-order chi connectivity index (χ0) is 13.1. The van der Waals surface area contributed by atoms with Crippen molar-refractivity contribution < 1.29 is 4.74 Å². The first-order valence-electron chi connectivity index (χ1n) is 7.61. The third-order valence-corrected chi connectivity index (χ3v) is 4.61. The minimum Gasteiger partial charge on any atom is -0.375 e. The van der Waals surface area contributed by atoms with Gasteiger partial charge in [0.05, 0.1) is 11.8 Å². The lowest BCUT2D eigenvalue weighted by Crippen LogP contribution is -2.47. The Kier molecular flexibility index (Phi) is 3.89. The van der Waals surface area contributed by atoms with Gasteiger partial charge in [0.15, 0.2) is 0 Å². The summed E-state index contributed by atoms with van der Waals surface area (Å²) in [6.07, 6.45) is 13.0. The van der Waals surface area contributed by atoms with Crippen molar-refractivity contribution in [1.82, 2.24) is 15.1 Å². The van der Waals surface area contributed by atoms with E-state index in [1.54, 1.807) is 0 Å². The topological polar surface area (TPSA) is 39.1 Å². The van der Waals surface area contributed by atoms with E-state index < -0.39 is 0 Å². The van der Waals surface area contributed by atoms with E-state index in [9.17, 15) is 0 Å². The van der Waals surface area contributed by atoms with Gasteiger partial charge in [-0.1, -0.05) is 19.3 Å². The molecule has 1 aliphatic heterocycles. The lowest BCUT2D eigenvalue weighted by molar-refractivity contribution is -0.109. The maximum Gasteiger partial charge on any atom is 0.0697 e. The molecule has 2 heterocycles. The number of rotatable bonds is 3. The standard InChI is InChI=1S/C15H25N3O/c1-18-12-13(11-17-18)10-16-14-5-8-19-15(9-14)6-3-2-4-7-15/h11-12,14,16H,2-10H2,1H3. The van der Waals surface area contributed by atoms with Crippen LogP contribution in [-0.2, 0) is 18.3 Å². The van der Waals surface area contributed by atoms with Crippen LogP contribution >= 0.6 is 0 Å². The first kappa shape index (κ1) is 13.1. The number of ether oxygens (including phenoxy) is 1. The minimum atomic E-state index is 0.198. The summed E-state index contributed by atoms with van der Waals surface area (Å²) >= 11 is 0. The maximum atomic E-state index is 6.14. The molecule has 19 heavy (non-hydrogen) atoms. The predicted octanol–water partition coefficient (Wildman–Crippen LogP) is 2.39. The van der Waals surface area contributed by atoms with E-state index in [-0.39, 0.29) is 5.60 Å². The molecule has 1 saturated heterocycles. The number of nitrogens with one attached hydrogen (secondary N) is 1. The van der Waals surface area contributed by atoms with Crippen LogP contribution in [0.5, 0.6) is 0 Å². The third kappa shape index (κ3) is 3.18. The smallest absolute Gasteiger partial charge is 0.0697 e. The van der Waals surface area contributed by atoms with E-state index in [1.807, 2.05) is 17.9 Å². The maximum absolute atomic E-state index is 6.14. The monoisotopic (exact) mass is 263 g/mol. The lowest BCUT2D eigenvalue weighted by atomic mass is 9.78. The second kappa shape index (κ2) is 5.63. The Hall–Kier alpha value is -0.870. The first-order chi connectivity index (χ1) is 9.26. The highest BCUT2D eigenvalue weighted by Gasteiger charge is 2.38. The molecule has 2 fully saturated rings. The molecule has 2 aliphatic rings. The number of aromatic nitrogens is 2. The molecule has 3 rings (SSSR count). The molecule has 0 radical (unpaired) electrons. The van der Waals surface area contributed by atoms with Crippen LogP contribution in [-0.4, -0.2) is 28.0 Å². The molecule has 1 spiro atoms. The zero-order valence-electron chi connectivity index (χ0n) is 11.9. The van der Waals surface area contributed by atoms with Crippen molar-refractivity contribution in [2.24, 2.45) is 7.05 Å². The number of hydrogen-bond donors (Lipinski definition) is 1. The van der Waals surface area contributed by atoms with Gasteiger partial charge in [-0.3, -0.25) is 4.68 Å². The molecule has 0 bridgehead atoms. The Morgan fingerprint density at radius 1 is 1.42 bits per heavy atom. The minimum absolute atomic E-state index is 0.198. The molecule has 0 amide bonds. The largest absolute Gasteiger partial charge is 0.375 e. The van der Waals surface area contributed by atoms with Crippen molar-refractivity contribution in [3.63, 3.8) is 0 Å². The summed E-state index contributed by atoms with van der Waals surface area (Å²) in [4.78, 5) is 0. The van der Waals surface area contributed by atoms with Crippen LogP contribution in [0.2, 0.25) is 0 Å². The average Bonchev–Trinajstić information content (AvgIpc) is 2.83. The molecule has 1 unspecified atom stereocenters. The van der Waals surface area contributed by atoms with Gasteiger partial charge < -0.3 is 10.1 Å². The number of nitrogens with zero attached hydrogens (tertiary/aromatic N) is 2. The van der Waals surface area contributed by atoms with Crippen LogP contribution < -0.4 is 5.32 Å². The highest BCUT2D eigenvalue weighted by Crippen LogP contribution is 2.38. The fourth-order valence-electron chi connectivity index (χ4n) is 3.57. The van der Waals surface area contributed by atoms with E-state index in [4.69, 9.17) is 4.74 Å². The van der Waals surface area contributed by atoms with Gasteiger partial charge in [-0.2, -0.15) is 5.10 Å². The van der Waals surface area contributed by atoms with Gasteiger partial charge in [0, 0.05) is 38.0 Å². The van der Waals surface area contributed by atoms with Crippen molar-refractivity contribution in [2.75, 3.05) is 6.61 Å². The van der Waals surface area contributed by atoms with Crippen molar-refractivity contribution in [3.8, 4) is 0 Å². The summed E-state index contributed by atoms with van der Waals surface area (Å²) in [6.45, 7) is 1.85. The van der Waals surface area contributed by atoms with Crippen LogP contribution in [0, 0.1) is 0 Å². The highest BCUT2D eigenvalue weighted by atomic mass is 16.5. The summed E-state index contributed by atoms with van der Waals surface area (Å²) in [5.41, 5.74) is 1.47. The number of hydrogen-bond acceptors (Lipinski definition) is 3. The summed E-state index contributed by atoms with van der Waals surface area (Å²) in [5.74, 6) is 0. The zero-order valence-corrected chi connectivity index (χ0v) is 11.9. The van der Waals surface area contributed by atoms with Crippen LogP contribution in [0.1, 0.15) is 50.5 Å².